The van der Waals surface area contributed by atoms with Gasteiger partial charge in [0.2, 0.25) is 0 Å². The first-order valence-electron chi connectivity index (χ1n) is 8.96. The normalized spacial score (nSPS) is 10.5. The highest BCUT2D eigenvalue weighted by atomic mass is 16.5. The van der Waals surface area contributed by atoms with E-state index in [2.05, 4.69) is 30.5 Å². The molecule has 2 N–H and O–H groups in total. The molecule has 140 valence electrons. The molecule has 2 aromatic rings. The van der Waals surface area contributed by atoms with Gasteiger partial charge in [0.25, 0.3) is 0 Å². The molecule has 0 spiro atoms. The van der Waals surface area contributed by atoms with Crippen molar-refractivity contribution in [1.82, 2.24) is 10.6 Å². The number of hydrogen-bond donors (Lipinski definition) is 2. The summed E-state index contributed by atoms with van der Waals surface area (Å²) in [5.41, 5.74) is 2.33. The van der Waals surface area contributed by atoms with Gasteiger partial charge in [-0.15, -0.1) is 0 Å². The van der Waals surface area contributed by atoms with Gasteiger partial charge in [0.15, 0.2) is 0 Å². The van der Waals surface area contributed by atoms with E-state index in [0.717, 1.165) is 23.5 Å². The van der Waals surface area contributed by atoms with Gasteiger partial charge in [0.1, 0.15) is 18.1 Å². The summed E-state index contributed by atoms with van der Waals surface area (Å²) in [7, 11) is 1.64. The average Bonchev–Trinajstić information content (AvgIpc) is 2.66. The van der Waals surface area contributed by atoms with Crippen LogP contribution < -0.4 is 20.1 Å². The van der Waals surface area contributed by atoms with E-state index in [1.165, 1.54) is 5.56 Å². The molecule has 2 aromatic carbocycles. The van der Waals surface area contributed by atoms with Crippen LogP contribution in [0.3, 0.4) is 0 Å². The SMILES string of the molecule is COc1ccc(CCNC(=O)NCCOc2ccccc2C(C)C)cc1. The number of carbonyl (C=O) groups excluding carboxylic acids is 1. The molecule has 0 aliphatic rings. The van der Waals surface area contributed by atoms with Crippen LogP contribution in [0.1, 0.15) is 30.9 Å². The molecule has 0 atom stereocenters. The molecule has 0 aliphatic carbocycles. The minimum absolute atomic E-state index is 0.181. The minimum atomic E-state index is -0.181. The summed E-state index contributed by atoms with van der Waals surface area (Å²) >= 11 is 0. The third-order valence-electron chi connectivity index (χ3n) is 4.04. The van der Waals surface area contributed by atoms with Gasteiger partial charge in [-0.05, 0) is 41.7 Å². The van der Waals surface area contributed by atoms with Crippen LogP contribution in [0.5, 0.6) is 11.5 Å². The topological polar surface area (TPSA) is 59.6 Å². The fourth-order valence-corrected chi connectivity index (χ4v) is 2.59. The van der Waals surface area contributed by atoms with Crippen molar-refractivity contribution in [3.63, 3.8) is 0 Å². The minimum Gasteiger partial charge on any atom is -0.497 e. The molecular weight excluding hydrogens is 328 g/mol. The van der Waals surface area contributed by atoms with Gasteiger partial charge >= 0.3 is 6.03 Å². The van der Waals surface area contributed by atoms with Crippen molar-refractivity contribution in [2.75, 3.05) is 26.8 Å². The number of methoxy groups -OCH3 is 1. The largest absolute Gasteiger partial charge is 0.497 e. The Kier molecular flexibility index (Phi) is 7.80. The number of ether oxygens (including phenoxy) is 2. The second-order valence-corrected chi connectivity index (χ2v) is 6.32. The van der Waals surface area contributed by atoms with Crippen LogP contribution in [-0.2, 0) is 6.42 Å². The maximum atomic E-state index is 11.8. The van der Waals surface area contributed by atoms with Crippen molar-refractivity contribution in [2.45, 2.75) is 26.2 Å². The predicted molar refractivity (Wildman–Crippen MR) is 104 cm³/mol. The molecule has 0 saturated heterocycles. The highest BCUT2D eigenvalue weighted by Crippen LogP contribution is 2.25. The number of benzene rings is 2. The van der Waals surface area contributed by atoms with Gasteiger partial charge in [-0.3, -0.25) is 0 Å². The van der Waals surface area contributed by atoms with Crippen molar-refractivity contribution in [1.29, 1.82) is 0 Å². The molecule has 0 heterocycles. The number of carbonyl (C=O) groups is 1. The summed E-state index contributed by atoms with van der Waals surface area (Å²) in [6.07, 6.45) is 0.773. The molecule has 0 unspecified atom stereocenters. The van der Waals surface area contributed by atoms with Crippen LogP contribution in [-0.4, -0.2) is 32.8 Å². The highest BCUT2D eigenvalue weighted by Gasteiger charge is 2.07. The molecule has 5 heteroatoms. The van der Waals surface area contributed by atoms with Crippen molar-refractivity contribution < 1.29 is 14.3 Å². The molecule has 0 bridgehead atoms. The number of urea groups is 1. The fraction of sp³-hybridized carbons (Fsp3) is 0.381. The van der Waals surface area contributed by atoms with Crippen LogP contribution in [0.4, 0.5) is 4.79 Å². The van der Waals surface area contributed by atoms with Crippen molar-refractivity contribution in [3.05, 3.63) is 59.7 Å². The van der Waals surface area contributed by atoms with Crippen molar-refractivity contribution in [2.24, 2.45) is 0 Å². The van der Waals surface area contributed by atoms with Crippen LogP contribution in [0.15, 0.2) is 48.5 Å². The summed E-state index contributed by atoms with van der Waals surface area (Å²) in [5, 5.41) is 5.66. The van der Waals surface area contributed by atoms with Gasteiger partial charge in [0.05, 0.1) is 13.7 Å². The van der Waals surface area contributed by atoms with E-state index in [4.69, 9.17) is 9.47 Å². The molecule has 5 nitrogen and oxygen atoms in total. The van der Waals surface area contributed by atoms with Crippen LogP contribution in [0, 0.1) is 0 Å². The van der Waals surface area contributed by atoms with E-state index in [9.17, 15) is 4.79 Å². The third kappa shape index (κ3) is 6.31. The molecule has 0 aromatic heterocycles. The quantitative estimate of drug-likeness (QED) is 0.673. The molecule has 2 rings (SSSR count). The molecular formula is C21H28N2O3. The zero-order valence-corrected chi connectivity index (χ0v) is 15.7. The van der Waals surface area contributed by atoms with E-state index >= 15 is 0 Å². The van der Waals surface area contributed by atoms with Gasteiger partial charge in [-0.1, -0.05) is 44.2 Å². The summed E-state index contributed by atoms with van der Waals surface area (Å²) in [6, 6.07) is 15.7. The summed E-state index contributed by atoms with van der Waals surface area (Å²) in [6.45, 7) is 5.75. The van der Waals surface area contributed by atoms with E-state index in [0.29, 0.717) is 25.6 Å². The smallest absolute Gasteiger partial charge is 0.314 e. The van der Waals surface area contributed by atoms with E-state index < -0.39 is 0 Å². The van der Waals surface area contributed by atoms with Gasteiger partial charge in [-0.25, -0.2) is 4.79 Å². The first-order chi connectivity index (χ1) is 12.6. The molecule has 0 fully saturated rings. The Balaban J connectivity index is 1.63. The number of para-hydroxylation sites is 1. The third-order valence-corrected chi connectivity index (χ3v) is 4.04. The van der Waals surface area contributed by atoms with Crippen LogP contribution >= 0.6 is 0 Å². The number of nitrogens with one attached hydrogen (secondary N) is 2. The number of hydrogen-bond acceptors (Lipinski definition) is 3. The Labute approximate surface area is 155 Å². The van der Waals surface area contributed by atoms with Crippen molar-refractivity contribution >= 4 is 6.03 Å². The molecule has 2 amide bonds. The van der Waals surface area contributed by atoms with Gasteiger partial charge in [-0.2, -0.15) is 0 Å². The van der Waals surface area contributed by atoms with E-state index in [1.807, 2.05) is 42.5 Å². The summed E-state index contributed by atoms with van der Waals surface area (Å²) in [5.74, 6) is 2.11. The van der Waals surface area contributed by atoms with E-state index in [-0.39, 0.29) is 6.03 Å². The highest BCUT2D eigenvalue weighted by molar-refractivity contribution is 5.73. The first-order valence-corrected chi connectivity index (χ1v) is 8.96. The van der Waals surface area contributed by atoms with Gasteiger partial charge in [0, 0.05) is 6.54 Å². The lowest BCUT2D eigenvalue weighted by molar-refractivity contribution is 0.236. The molecule has 0 saturated carbocycles. The van der Waals surface area contributed by atoms with Gasteiger partial charge < -0.3 is 20.1 Å². The second kappa shape index (κ2) is 10.3. The molecule has 0 radical (unpaired) electrons. The van der Waals surface area contributed by atoms with Crippen LogP contribution in [0.25, 0.3) is 0 Å². The fourth-order valence-electron chi connectivity index (χ4n) is 2.59. The first kappa shape index (κ1) is 19.6. The Morgan fingerprint density at radius 2 is 1.69 bits per heavy atom. The standard InChI is InChI=1S/C21H28N2O3/c1-16(2)19-6-4-5-7-20(19)26-15-14-23-21(24)22-13-12-17-8-10-18(25-3)11-9-17/h4-11,16H,12-15H2,1-3H3,(H2,22,23,24). The predicted octanol–water partition coefficient (Wildman–Crippen LogP) is 3.74. The number of amides is 2. The Morgan fingerprint density at radius 3 is 2.38 bits per heavy atom. The lowest BCUT2D eigenvalue weighted by Crippen LogP contribution is -2.38. The monoisotopic (exact) mass is 356 g/mol. The number of rotatable bonds is 9. The summed E-state index contributed by atoms with van der Waals surface area (Å²) < 4.78 is 10.9. The van der Waals surface area contributed by atoms with E-state index in [1.54, 1.807) is 7.11 Å². The Hall–Kier alpha value is -2.69. The van der Waals surface area contributed by atoms with Crippen LogP contribution in [0.2, 0.25) is 0 Å². The Morgan fingerprint density at radius 1 is 1.00 bits per heavy atom. The zero-order chi connectivity index (χ0) is 18.8. The maximum Gasteiger partial charge on any atom is 0.314 e. The average molecular weight is 356 g/mol. The zero-order valence-electron chi connectivity index (χ0n) is 15.7. The lowest BCUT2D eigenvalue weighted by atomic mass is 10.0. The summed E-state index contributed by atoms with van der Waals surface area (Å²) in [4.78, 5) is 11.8. The van der Waals surface area contributed by atoms with Crippen molar-refractivity contribution in [3.8, 4) is 11.5 Å². The second-order valence-electron chi connectivity index (χ2n) is 6.32. The molecule has 0 aliphatic heterocycles. The molecule has 26 heavy (non-hydrogen) atoms. The lowest BCUT2D eigenvalue weighted by Gasteiger charge is -2.14. The maximum absolute atomic E-state index is 11.8. The Bertz CT molecular complexity index is 684.